The Morgan fingerprint density at radius 1 is 0.967 bits per heavy atom. The summed E-state index contributed by atoms with van der Waals surface area (Å²) in [6, 6.07) is 14.0. The van der Waals surface area contributed by atoms with Gasteiger partial charge in [-0.2, -0.15) is 9.78 Å². The molecule has 0 heterocycles. The highest BCUT2D eigenvalue weighted by molar-refractivity contribution is 5.89. The molecule has 1 aliphatic carbocycles. The quantitative estimate of drug-likeness (QED) is 0.505. The average Bonchev–Trinajstić information content (AvgIpc) is 2.72. The molecule has 6 nitrogen and oxygen atoms in total. The minimum absolute atomic E-state index is 0.0682. The third-order valence-corrected chi connectivity index (χ3v) is 5.14. The molecule has 0 aliphatic heterocycles. The molecule has 30 heavy (non-hydrogen) atoms. The Morgan fingerprint density at radius 3 is 2.10 bits per heavy atom. The van der Waals surface area contributed by atoms with Gasteiger partial charge in [0.1, 0.15) is 11.7 Å². The first kappa shape index (κ1) is 22.0. The van der Waals surface area contributed by atoms with E-state index in [1.165, 1.54) is 0 Å². The molecule has 3 unspecified atom stereocenters. The number of hydrogen-bond donors (Lipinski definition) is 0. The van der Waals surface area contributed by atoms with Crippen molar-refractivity contribution in [2.45, 2.75) is 44.8 Å². The van der Waals surface area contributed by atoms with Crippen LogP contribution in [0.5, 0.6) is 0 Å². The van der Waals surface area contributed by atoms with Gasteiger partial charge in [-0.15, -0.1) is 0 Å². The Morgan fingerprint density at radius 2 is 1.53 bits per heavy atom. The molecule has 3 rings (SSSR count). The van der Waals surface area contributed by atoms with E-state index in [9.17, 15) is 9.59 Å². The Bertz CT molecular complexity index is 908. The van der Waals surface area contributed by atoms with Crippen LogP contribution in [-0.4, -0.2) is 23.6 Å². The highest BCUT2D eigenvalue weighted by Crippen LogP contribution is 2.37. The normalized spacial score (nSPS) is 23.6. The summed E-state index contributed by atoms with van der Waals surface area (Å²) in [7, 11) is 0. The minimum atomic E-state index is -1.22. The standard InChI is InChI=1S/C24H26O6/c1-16-7-5-9-19(13-16)22(25)28-27-21-15-18(3)11-12-24(21,4)30-29-23(26)20-10-6-8-17(2)14-20/h5-10,13-14,18,21H,3-4,11-12,15H2,1-2H3. The summed E-state index contributed by atoms with van der Waals surface area (Å²) >= 11 is 0. The summed E-state index contributed by atoms with van der Waals surface area (Å²) < 4.78 is 0. The molecule has 0 N–H and O–H groups in total. The van der Waals surface area contributed by atoms with Crippen LogP contribution in [0.25, 0.3) is 0 Å². The minimum Gasteiger partial charge on any atom is -0.292 e. The van der Waals surface area contributed by atoms with Crippen LogP contribution in [0.3, 0.4) is 0 Å². The zero-order valence-electron chi connectivity index (χ0n) is 17.3. The molecule has 0 aromatic heterocycles. The predicted molar refractivity (Wildman–Crippen MR) is 110 cm³/mol. The van der Waals surface area contributed by atoms with Gasteiger partial charge < -0.3 is 0 Å². The van der Waals surface area contributed by atoms with Crippen molar-refractivity contribution in [3.63, 3.8) is 0 Å². The summed E-state index contributed by atoms with van der Waals surface area (Å²) in [6.45, 7) is 11.9. The lowest BCUT2D eigenvalue weighted by Gasteiger charge is -2.39. The number of benzene rings is 2. The zero-order valence-corrected chi connectivity index (χ0v) is 17.3. The molecule has 2 aromatic carbocycles. The van der Waals surface area contributed by atoms with Crippen LogP contribution in [0.15, 0.2) is 48.5 Å². The van der Waals surface area contributed by atoms with Gasteiger partial charge in [-0.1, -0.05) is 42.3 Å². The zero-order chi connectivity index (χ0) is 21.7. The fraction of sp³-hybridized carbons (Fsp3) is 0.333. The van der Waals surface area contributed by atoms with E-state index in [0.29, 0.717) is 30.4 Å². The molecule has 0 amide bonds. The van der Waals surface area contributed by atoms with E-state index < -0.39 is 23.6 Å². The van der Waals surface area contributed by atoms with Crippen molar-refractivity contribution < 1.29 is 29.1 Å². The van der Waals surface area contributed by atoms with E-state index in [-0.39, 0.29) is 5.92 Å². The summed E-state index contributed by atoms with van der Waals surface area (Å²) in [6.07, 6.45) is 0.825. The molecular weight excluding hydrogens is 384 g/mol. The van der Waals surface area contributed by atoms with Crippen LogP contribution >= 0.6 is 0 Å². The van der Waals surface area contributed by atoms with Gasteiger partial charge in [0, 0.05) is 0 Å². The van der Waals surface area contributed by atoms with Gasteiger partial charge in [-0.25, -0.2) is 9.59 Å². The molecule has 158 valence electrons. The molecule has 2 radical (unpaired) electrons. The number of aryl methyl sites for hydroxylation is 2. The maximum atomic E-state index is 12.3. The second-order valence-electron chi connectivity index (χ2n) is 7.85. The molecule has 6 heteroatoms. The van der Waals surface area contributed by atoms with Crippen molar-refractivity contribution in [1.29, 1.82) is 0 Å². The number of carbonyl (C=O) groups excluding carboxylic acids is 2. The molecular formula is C24H26O6. The molecule has 0 saturated heterocycles. The van der Waals surface area contributed by atoms with E-state index >= 15 is 0 Å². The van der Waals surface area contributed by atoms with Crippen molar-refractivity contribution in [2.24, 2.45) is 5.92 Å². The third kappa shape index (κ3) is 5.46. The highest BCUT2D eigenvalue weighted by Gasteiger charge is 2.45. The average molecular weight is 410 g/mol. The van der Waals surface area contributed by atoms with Gasteiger partial charge in [-0.05, 0) is 70.2 Å². The predicted octanol–water partition coefficient (Wildman–Crippen LogP) is 4.76. The molecule has 3 atom stereocenters. The fourth-order valence-electron chi connectivity index (χ4n) is 3.33. The van der Waals surface area contributed by atoms with Gasteiger partial charge in [0.2, 0.25) is 0 Å². The van der Waals surface area contributed by atoms with E-state index in [4.69, 9.17) is 19.6 Å². The van der Waals surface area contributed by atoms with Crippen molar-refractivity contribution in [3.05, 3.63) is 84.6 Å². The SMILES string of the molecule is [CH2]C1CCC([CH2])(OOC(=O)c2cccc(C)c2)C(OOC(=O)c2cccc(C)c2)C1. The second kappa shape index (κ2) is 9.41. The second-order valence-corrected chi connectivity index (χ2v) is 7.85. The Kier molecular flexibility index (Phi) is 6.90. The van der Waals surface area contributed by atoms with Crippen LogP contribution in [0.2, 0.25) is 0 Å². The highest BCUT2D eigenvalue weighted by atomic mass is 17.2. The largest absolute Gasteiger partial charge is 0.373 e. The number of carbonyl (C=O) groups is 2. The lowest BCUT2D eigenvalue weighted by molar-refractivity contribution is -0.380. The summed E-state index contributed by atoms with van der Waals surface area (Å²) in [5, 5.41) is 0. The molecule has 0 spiro atoms. The van der Waals surface area contributed by atoms with Gasteiger partial charge in [0.15, 0.2) is 0 Å². The van der Waals surface area contributed by atoms with E-state index in [2.05, 4.69) is 13.8 Å². The van der Waals surface area contributed by atoms with Gasteiger partial charge in [0.25, 0.3) is 0 Å². The van der Waals surface area contributed by atoms with Crippen molar-refractivity contribution in [3.8, 4) is 0 Å². The van der Waals surface area contributed by atoms with Gasteiger partial charge >= 0.3 is 11.9 Å². The topological polar surface area (TPSA) is 71.1 Å². The van der Waals surface area contributed by atoms with Crippen molar-refractivity contribution in [2.75, 3.05) is 0 Å². The first-order chi connectivity index (χ1) is 14.3. The van der Waals surface area contributed by atoms with Gasteiger partial charge in [0.05, 0.1) is 11.1 Å². The van der Waals surface area contributed by atoms with Crippen LogP contribution in [-0.2, 0) is 19.6 Å². The van der Waals surface area contributed by atoms with E-state index in [0.717, 1.165) is 11.1 Å². The molecule has 2 aromatic rings. The third-order valence-electron chi connectivity index (χ3n) is 5.14. The van der Waals surface area contributed by atoms with Crippen molar-refractivity contribution >= 4 is 11.9 Å². The maximum absolute atomic E-state index is 12.3. The van der Waals surface area contributed by atoms with Crippen LogP contribution in [0, 0.1) is 33.6 Å². The summed E-state index contributed by atoms with van der Waals surface area (Å²) in [4.78, 5) is 45.6. The summed E-state index contributed by atoms with van der Waals surface area (Å²) in [5.41, 5.74) is 1.38. The lowest BCUT2D eigenvalue weighted by Crippen LogP contribution is -2.49. The molecule has 1 fully saturated rings. The molecule has 0 bridgehead atoms. The maximum Gasteiger partial charge on any atom is 0.373 e. The first-order valence-electron chi connectivity index (χ1n) is 9.86. The van der Waals surface area contributed by atoms with Gasteiger partial charge in [-0.3, -0.25) is 9.78 Å². The number of hydrogen-bond acceptors (Lipinski definition) is 6. The van der Waals surface area contributed by atoms with Crippen LogP contribution < -0.4 is 0 Å². The van der Waals surface area contributed by atoms with E-state index in [1.807, 2.05) is 26.0 Å². The summed E-state index contributed by atoms with van der Waals surface area (Å²) in [5.74, 6) is -1.18. The molecule has 1 saturated carbocycles. The smallest absolute Gasteiger partial charge is 0.292 e. The first-order valence-corrected chi connectivity index (χ1v) is 9.86. The monoisotopic (exact) mass is 410 g/mol. The molecule has 1 aliphatic rings. The van der Waals surface area contributed by atoms with Crippen LogP contribution in [0.1, 0.15) is 51.1 Å². The number of rotatable bonds is 6. The lowest BCUT2D eigenvalue weighted by atomic mass is 9.78. The van der Waals surface area contributed by atoms with Crippen LogP contribution in [0.4, 0.5) is 0 Å². The Hall–Kier alpha value is -2.70. The Labute approximate surface area is 176 Å². The Balaban J connectivity index is 1.64. The van der Waals surface area contributed by atoms with E-state index in [1.54, 1.807) is 36.4 Å². The fourth-order valence-corrected chi connectivity index (χ4v) is 3.33. The van der Waals surface area contributed by atoms with Crippen molar-refractivity contribution in [1.82, 2.24) is 0 Å².